The predicted octanol–water partition coefficient (Wildman–Crippen LogP) is 5.30. The van der Waals surface area contributed by atoms with Crippen molar-refractivity contribution >= 4 is 43.5 Å². The summed E-state index contributed by atoms with van der Waals surface area (Å²) in [4.78, 5) is 0. The van der Waals surface area contributed by atoms with E-state index >= 15 is 0 Å². The van der Waals surface area contributed by atoms with Crippen molar-refractivity contribution in [1.29, 1.82) is 0 Å². The Morgan fingerprint density at radius 1 is 0.522 bits per heavy atom. The molecule has 0 spiro atoms. The first-order valence-corrected chi connectivity index (χ1v) is 7.39. The molecule has 0 unspecified atom stereocenters. The van der Waals surface area contributed by atoms with Crippen molar-refractivity contribution in [3.63, 3.8) is 0 Å². The Morgan fingerprint density at radius 3 is 1.48 bits per heavy atom. The molecule has 3 nitrogen and oxygen atoms in total. The highest BCUT2D eigenvalue weighted by Crippen LogP contribution is 2.35. The molecule has 5 aromatic rings. The lowest BCUT2D eigenvalue weighted by Gasteiger charge is -2.00. The maximum absolute atomic E-state index is 9.64. The standard InChI is InChI=1S/C20H12O3/c21-15-3-1-11-7-17-18-8-12-2-4-16(22)6-14(12)10-20(18)23-19(17)9-13(11)5-15/h1-10,21-22H. The fourth-order valence-corrected chi connectivity index (χ4v) is 3.24. The average Bonchev–Trinajstić information content (AvgIpc) is 2.86. The van der Waals surface area contributed by atoms with Gasteiger partial charge < -0.3 is 14.6 Å². The second-order valence-electron chi connectivity index (χ2n) is 5.86. The van der Waals surface area contributed by atoms with Gasteiger partial charge >= 0.3 is 0 Å². The molecule has 4 aromatic carbocycles. The van der Waals surface area contributed by atoms with Crippen LogP contribution in [-0.4, -0.2) is 10.2 Å². The van der Waals surface area contributed by atoms with Gasteiger partial charge in [0, 0.05) is 10.8 Å². The van der Waals surface area contributed by atoms with Crippen LogP contribution in [0, 0.1) is 0 Å². The number of hydrogen-bond acceptors (Lipinski definition) is 3. The Bertz CT molecular complexity index is 1140. The summed E-state index contributed by atoms with van der Waals surface area (Å²) in [6.07, 6.45) is 0. The summed E-state index contributed by atoms with van der Waals surface area (Å²) in [5.74, 6) is 0.489. The maximum atomic E-state index is 9.64. The molecule has 0 fully saturated rings. The van der Waals surface area contributed by atoms with Gasteiger partial charge in [0.25, 0.3) is 0 Å². The van der Waals surface area contributed by atoms with Crippen molar-refractivity contribution in [3.8, 4) is 11.5 Å². The van der Waals surface area contributed by atoms with Gasteiger partial charge in [-0.15, -0.1) is 0 Å². The van der Waals surface area contributed by atoms with Crippen LogP contribution in [0.5, 0.6) is 11.5 Å². The summed E-state index contributed by atoms with van der Waals surface area (Å²) in [5, 5.41) is 25.4. The smallest absolute Gasteiger partial charge is 0.136 e. The number of furan rings is 1. The lowest BCUT2D eigenvalue weighted by atomic mass is 10.0. The number of phenols is 2. The molecular formula is C20H12O3. The van der Waals surface area contributed by atoms with Crippen LogP contribution in [0.4, 0.5) is 0 Å². The Hall–Kier alpha value is -3.20. The number of rotatable bonds is 0. The highest BCUT2D eigenvalue weighted by atomic mass is 16.3. The number of hydrogen-bond donors (Lipinski definition) is 2. The van der Waals surface area contributed by atoms with Crippen molar-refractivity contribution < 1.29 is 14.6 Å². The van der Waals surface area contributed by atoms with E-state index in [2.05, 4.69) is 12.1 Å². The molecule has 0 aliphatic heterocycles. The third kappa shape index (κ3) is 1.77. The normalized spacial score (nSPS) is 11.8. The number of phenolic OH excluding ortho intramolecular Hbond substituents is 2. The zero-order valence-corrected chi connectivity index (χ0v) is 12.1. The van der Waals surface area contributed by atoms with Crippen LogP contribution in [0.25, 0.3) is 43.5 Å². The molecule has 0 saturated carbocycles. The summed E-state index contributed by atoms with van der Waals surface area (Å²) in [7, 11) is 0. The van der Waals surface area contributed by atoms with E-state index in [1.165, 1.54) is 0 Å². The van der Waals surface area contributed by atoms with Crippen molar-refractivity contribution in [2.24, 2.45) is 0 Å². The lowest BCUT2D eigenvalue weighted by molar-refractivity contribution is 0.475. The molecule has 0 aliphatic carbocycles. The van der Waals surface area contributed by atoms with Crippen molar-refractivity contribution in [2.45, 2.75) is 0 Å². The molecule has 0 radical (unpaired) electrons. The molecule has 1 aromatic heterocycles. The number of benzene rings is 4. The van der Waals surface area contributed by atoms with Crippen LogP contribution >= 0.6 is 0 Å². The summed E-state index contributed by atoms with van der Waals surface area (Å²) in [5.41, 5.74) is 1.58. The molecule has 1 heterocycles. The van der Waals surface area contributed by atoms with Gasteiger partial charge in [0.1, 0.15) is 22.7 Å². The quantitative estimate of drug-likeness (QED) is 0.408. The van der Waals surface area contributed by atoms with Gasteiger partial charge in [-0.05, 0) is 70.1 Å². The van der Waals surface area contributed by atoms with Crippen LogP contribution < -0.4 is 0 Å². The van der Waals surface area contributed by atoms with Gasteiger partial charge in [-0.2, -0.15) is 0 Å². The largest absolute Gasteiger partial charge is 0.508 e. The minimum atomic E-state index is 0.245. The second kappa shape index (κ2) is 4.17. The summed E-state index contributed by atoms with van der Waals surface area (Å²) in [6.45, 7) is 0. The van der Waals surface area contributed by atoms with E-state index in [0.717, 1.165) is 43.5 Å². The van der Waals surface area contributed by atoms with Crippen LogP contribution in [0.2, 0.25) is 0 Å². The van der Waals surface area contributed by atoms with E-state index in [9.17, 15) is 10.2 Å². The second-order valence-corrected chi connectivity index (χ2v) is 5.86. The summed E-state index contributed by atoms with van der Waals surface area (Å²) >= 11 is 0. The Labute approximate surface area is 131 Å². The van der Waals surface area contributed by atoms with Crippen LogP contribution in [-0.2, 0) is 0 Å². The van der Waals surface area contributed by atoms with E-state index < -0.39 is 0 Å². The lowest BCUT2D eigenvalue weighted by Crippen LogP contribution is -1.75. The van der Waals surface area contributed by atoms with Gasteiger partial charge in [0.2, 0.25) is 0 Å². The van der Waals surface area contributed by atoms with E-state index in [1.807, 2.05) is 24.3 Å². The fourth-order valence-electron chi connectivity index (χ4n) is 3.24. The van der Waals surface area contributed by atoms with Gasteiger partial charge in [0.15, 0.2) is 0 Å². The monoisotopic (exact) mass is 300 g/mol. The molecule has 0 bridgehead atoms. The van der Waals surface area contributed by atoms with E-state index in [1.54, 1.807) is 24.3 Å². The van der Waals surface area contributed by atoms with E-state index in [4.69, 9.17) is 4.42 Å². The topological polar surface area (TPSA) is 53.6 Å². The van der Waals surface area contributed by atoms with E-state index in [-0.39, 0.29) is 11.5 Å². The predicted molar refractivity (Wildman–Crippen MR) is 92.1 cm³/mol. The van der Waals surface area contributed by atoms with Gasteiger partial charge in [-0.25, -0.2) is 0 Å². The first-order valence-electron chi connectivity index (χ1n) is 7.39. The molecule has 0 atom stereocenters. The van der Waals surface area contributed by atoms with Crippen LogP contribution in [0.15, 0.2) is 65.1 Å². The zero-order chi connectivity index (χ0) is 15.6. The van der Waals surface area contributed by atoms with Gasteiger partial charge in [0.05, 0.1) is 0 Å². The Morgan fingerprint density at radius 2 is 1.00 bits per heavy atom. The summed E-state index contributed by atoms with van der Waals surface area (Å²) in [6, 6.07) is 18.7. The molecule has 2 N–H and O–H groups in total. The van der Waals surface area contributed by atoms with Crippen LogP contribution in [0.3, 0.4) is 0 Å². The van der Waals surface area contributed by atoms with E-state index in [0.29, 0.717) is 0 Å². The zero-order valence-electron chi connectivity index (χ0n) is 12.1. The Balaban J connectivity index is 1.94. The van der Waals surface area contributed by atoms with Gasteiger partial charge in [-0.3, -0.25) is 0 Å². The highest BCUT2D eigenvalue weighted by Gasteiger charge is 2.10. The molecule has 110 valence electrons. The molecular weight excluding hydrogens is 288 g/mol. The third-order valence-corrected chi connectivity index (χ3v) is 4.35. The summed E-state index contributed by atoms with van der Waals surface area (Å²) < 4.78 is 5.99. The van der Waals surface area contributed by atoms with Crippen molar-refractivity contribution in [3.05, 3.63) is 60.7 Å². The Kier molecular flexibility index (Phi) is 2.24. The first-order chi connectivity index (χ1) is 11.2. The minimum Gasteiger partial charge on any atom is -0.508 e. The fraction of sp³-hybridized carbons (Fsp3) is 0. The minimum absolute atomic E-state index is 0.245. The molecule has 0 aliphatic rings. The molecule has 0 amide bonds. The third-order valence-electron chi connectivity index (χ3n) is 4.35. The first kappa shape index (κ1) is 12.4. The molecule has 5 rings (SSSR count). The van der Waals surface area contributed by atoms with Crippen molar-refractivity contribution in [2.75, 3.05) is 0 Å². The van der Waals surface area contributed by atoms with Crippen LogP contribution in [0.1, 0.15) is 0 Å². The molecule has 0 saturated heterocycles. The SMILES string of the molecule is Oc1ccc2cc3c(cc2c1)oc1cc2cc(O)ccc2cc13. The number of aromatic hydroxyl groups is 2. The maximum Gasteiger partial charge on any atom is 0.136 e. The highest BCUT2D eigenvalue weighted by molar-refractivity contribution is 6.13. The van der Waals surface area contributed by atoms with Crippen molar-refractivity contribution in [1.82, 2.24) is 0 Å². The van der Waals surface area contributed by atoms with Gasteiger partial charge in [-0.1, -0.05) is 12.1 Å². The molecule has 23 heavy (non-hydrogen) atoms. The molecule has 3 heteroatoms. The average molecular weight is 300 g/mol. The number of fused-ring (bicyclic) bond motifs is 5.